The highest BCUT2D eigenvalue weighted by molar-refractivity contribution is 5.79. The number of piperazine rings is 1. The second kappa shape index (κ2) is 10.7. The SMILES string of the molecule is CCCN1C[C@@H](NC(=O)N(CC)CCN2CCN(C)CC2)C[C@@H]2CC(=O)CC[C@H]21.[HH]. The van der Waals surface area contributed by atoms with E-state index in [0.29, 0.717) is 24.2 Å². The zero-order valence-electron chi connectivity index (χ0n) is 18.7. The number of ketones is 1. The Morgan fingerprint density at radius 2 is 1.97 bits per heavy atom. The molecule has 3 rings (SSSR count). The largest absolute Gasteiger partial charge is 0.334 e. The predicted octanol–water partition coefficient (Wildman–Crippen LogP) is 1.73. The van der Waals surface area contributed by atoms with Gasteiger partial charge < -0.3 is 15.1 Å². The Kier molecular flexibility index (Phi) is 8.33. The molecule has 0 bridgehead atoms. The van der Waals surface area contributed by atoms with Gasteiger partial charge in [0.2, 0.25) is 0 Å². The second-order valence-electron chi connectivity index (χ2n) is 9.21. The van der Waals surface area contributed by atoms with Gasteiger partial charge in [0.05, 0.1) is 0 Å². The first-order chi connectivity index (χ1) is 14.0. The number of carbonyl (C=O) groups excluding carboxylic acids is 2. The molecule has 3 fully saturated rings. The van der Waals surface area contributed by atoms with Crippen molar-refractivity contribution in [3.63, 3.8) is 0 Å². The molecule has 168 valence electrons. The van der Waals surface area contributed by atoms with Crippen molar-refractivity contribution in [1.82, 2.24) is 24.9 Å². The molecule has 7 nitrogen and oxygen atoms in total. The molecular weight excluding hydrogens is 366 g/mol. The molecule has 3 aliphatic rings. The van der Waals surface area contributed by atoms with Gasteiger partial charge in [-0.15, -0.1) is 0 Å². The molecule has 0 unspecified atom stereocenters. The summed E-state index contributed by atoms with van der Waals surface area (Å²) in [6, 6.07) is 0.739. The monoisotopic (exact) mass is 409 g/mol. The van der Waals surface area contributed by atoms with Gasteiger partial charge in [-0.25, -0.2) is 4.79 Å². The number of hydrogen-bond acceptors (Lipinski definition) is 5. The number of urea groups is 1. The summed E-state index contributed by atoms with van der Waals surface area (Å²) < 4.78 is 0. The highest BCUT2D eigenvalue weighted by Gasteiger charge is 2.39. The molecule has 2 aliphatic heterocycles. The molecule has 0 radical (unpaired) electrons. The fourth-order valence-electron chi connectivity index (χ4n) is 5.31. The summed E-state index contributed by atoms with van der Waals surface area (Å²) in [7, 11) is 2.17. The van der Waals surface area contributed by atoms with E-state index in [2.05, 4.69) is 40.9 Å². The normalized spacial score (nSPS) is 29.5. The molecule has 2 saturated heterocycles. The fraction of sp³-hybridized carbons (Fsp3) is 0.909. The van der Waals surface area contributed by atoms with Gasteiger partial charge in [-0.1, -0.05) is 6.92 Å². The number of hydrogen-bond donors (Lipinski definition) is 1. The van der Waals surface area contributed by atoms with Crippen LogP contribution in [0.2, 0.25) is 0 Å². The molecule has 1 saturated carbocycles. The zero-order chi connectivity index (χ0) is 20.8. The van der Waals surface area contributed by atoms with Crippen molar-refractivity contribution in [1.29, 1.82) is 0 Å². The van der Waals surface area contributed by atoms with Crippen molar-refractivity contribution < 1.29 is 11.0 Å². The first-order valence-corrected chi connectivity index (χ1v) is 11.7. The smallest absolute Gasteiger partial charge is 0.317 e. The summed E-state index contributed by atoms with van der Waals surface area (Å²) in [4.78, 5) is 34.3. The van der Waals surface area contributed by atoms with Crippen LogP contribution in [0.15, 0.2) is 0 Å². The third-order valence-electron chi connectivity index (χ3n) is 7.05. The minimum Gasteiger partial charge on any atom is -0.334 e. The Bertz CT molecular complexity index is 556. The average molecular weight is 410 g/mol. The van der Waals surface area contributed by atoms with Gasteiger partial charge in [-0.3, -0.25) is 14.6 Å². The molecule has 2 heterocycles. The number of piperidine rings is 1. The maximum absolute atomic E-state index is 13.0. The highest BCUT2D eigenvalue weighted by Crippen LogP contribution is 2.34. The van der Waals surface area contributed by atoms with E-state index in [0.717, 1.165) is 84.6 Å². The van der Waals surface area contributed by atoms with Crippen molar-refractivity contribution >= 4 is 11.8 Å². The molecule has 0 spiro atoms. The number of Topliss-reactive ketones (excluding diaryl/α,β-unsaturated/α-hetero) is 1. The fourth-order valence-corrected chi connectivity index (χ4v) is 5.31. The summed E-state index contributed by atoms with van der Waals surface area (Å²) in [6.45, 7) is 13.1. The lowest BCUT2D eigenvalue weighted by Crippen LogP contribution is -2.59. The van der Waals surface area contributed by atoms with Crippen LogP contribution in [0.4, 0.5) is 4.79 Å². The van der Waals surface area contributed by atoms with Gasteiger partial charge >= 0.3 is 6.03 Å². The molecular formula is C22H43N5O2. The predicted molar refractivity (Wildman–Crippen MR) is 118 cm³/mol. The van der Waals surface area contributed by atoms with Gasteiger partial charge in [0, 0.05) is 78.7 Å². The van der Waals surface area contributed by atoms with Crippen molar-refractivity contribution in [2.24, 2.45) is 5.92 Å². The third kappa shape index (κ3) is 6.15. The molecule has 0 aromatic heterocycles. The van der Waals surface area contributed by atoms with Crippen molar-refractivity contribution in [3.05, 3.63) is 0 Å². The first-order valence-electron chi connectivity index (χ1n) is 11.7. The standard InChI is InChI=1S/C22H41N5O2.H2/c1-4-8-27-17-19(15-18-16-20(28)6-7-21(18)27)23-22(29)26(5-2)14-13-25-11-9-24(3)10-12-25;/h18-19,21H,4-17H2,1-3H3,(H,23,29);1H/t18-,19+,21-;/m1./s1. The van der Waals surface area contributed by atoms with Crippen LogP contribution in [0, 0.1) is 5.92 Å². The summed E-state index contributed by atoms with van der Waals surface area (Å²) in [6.07, 6.45) is 4.48. The quantitative estimate of drug-likeness (QED) is 0.694. The molecule has 29 heavy (non-hydrogen) atoms. The van der Waals surface area contributed by atoms with Gasteiger partial charge in [-0.2, -0.15) is 0 Å². The maximum atomic E-state index is 13.0. The molecule has 2 amide bonds. The van der Waals surface area contributed by atoms with Crippen molar-refractivity contribution in [2.45, 2.75) is 58.0 Å². The first kappa shape index (κ1) is 22.5. The number of likely N-dealkylation sites (tertiary alicyclic amines) is 1. The Morgan fingerprint density at radius 1 is 1.21 bits per heavy atom. The Hall–Kier alpha value is -1.18. The Labute approximate surface area is 178 Å². The summed E-state index contributed by atoms with van der Waals surface area (Å²) in [5.74, 6) is 0.805. The number of carbonyl (C=O) groups is 2. The number of nitrogens with one attached hydrogen (secondary N) is 1. The lowest BCUT2D eigenvalue weighted by atomic mass is 9.76. The molecule has 3 atom stereocenters. The minimum absolute atomic E-state index is 0. The van der Waals surface area contributed by atoms with E-state index in [1.807, 2.05) is 4.90 Å². The van der Waals surface area contributed by atoms with Gasteiger partial charge in [0.1, 0.15) is 5.78 Å². The van der Waals surface area contributed by atoms with E-state index in [4.69, 9.17) is 0 Å². The molecule has 7 heteroatoms. The number of rotatable bonds is 7. The van der Waals surface area contributed by atoms with Gasteiger partial charge in [0.15, 0.2) is 0 Å². The van der Waals surface area contributed by atoms with E-state index >= 15 is 0 Å². The number of nitrogens with zero attached hydrogens (tertiary/aromatic N) is 4. The van der Waals surface area contributed by atoms with E-state index in [-0.39, 0.29) is 13.5 Å². The molecule has 1 N–H and O–H groups in total. The highest BCUT2D eigenvalue weighted by atomic mass is 16.2. The molecule has 1 aliphatic carbocycles. The maximum Gasteiger partial charge on any atom is 0.317 e. The third-order valence-corrected chi connectivity index (χ3v) is 7.05. The molecule has 0 aromatic rings. The lowest BCUT2D eigenvalue weighted by Gasteiger charge is -2.47. The van der Waals surface area contributed by atoms with Crippen LogP contribution in [0.25, 0.3) is 0 Å². The van der Waals surface area contributed by atoms with Crippen LogP contribution in [0.1, 0.15) is 47.4 Å². The van der Waals surface area contributed by atoms with E-state index in [9.17, 15) is 9.59 Å². The Morgan fingerprint density at radius 3 is 2.66 bits per heavy atom. The van der Waals surface area contributed by atoms with Crippen molar-refractivity contribution in [2.75, 3.05) is 66.0 Å². The second-order valence-corrected chi connectivity index (χ2v) is 9.21. The number of amides is 2. The summed E-state index contributed by atoms with van der Waals surface area (Å²) in [5, 5.41) is 3.31. The van der Waals surface area contributed by atoms with Crippen LogP contribution in [-0.2, 0) is 4.79 Å². The minimum atomic E-state index is 0. The van der Waals surface area contributed by atoms with Crippen molar-refractivity contribution in [3.8, 4) is 0 Å². The number of likely N-dealkylation sites (N-methyl/N-ethyl adjacent to an activating group) is 2. The van der Waals surface area contributed by atoms with E-state index in [1.54, 1.807) is 0 Å². The van der Waals surface area contributed by atoms with Crippen LogP contribution in [0.5, 0.6) is 0 Å². The van der Waals surface area contributed by atoms with Crippen LogP contribution >= 0.6 is 0 Å². The van der Waals surface area contributed by atoms with E-state index < -0.39 is 0 Å². The summed E-state index contributed by atoms with van der Waals surface area (Å²) >= 11 is 0. The van der Waals surface area contributed by atoms with Gasteiger partial charge in [-0.05, 0) is 45.7 Å². The van der Waals surface area contributed by atoms with Gasteiger partial charge in [0.25, 0.3) is 0 Å². The van der Waals surface area contributed by atoms with Crippen LogP contribution < -0.4 is 5.32 Å². The average Bonchev–Trinajstić information content (AvgIpc) is 2.69. The van der Waals surface area contributed by atoms with Crippen LogP contribution in [-0.4, -0.2) is 109 Å². The lowest BCUT2D eigenvalue weighted by molar-refractivity contribution is -0.124. The number of fused-ring (bicyclic) bond motifs is 1. The van der Waals surface area contributed by atoms with E-state index in [1.165, 1.54) is 0 Å². The summed E-state index contributed by atoms with van der Waals surface area (Å²) in [5.41, 5.74) is 0. The topological polar surface area (TPSA) is 59.1 Å². The zero-order valence-corrected chi connectivity index (χ0v) is 18.7. The Balaban J connectivity index is 0.00000320. The molecule has 0 aromatic carbocycles. The van der Waals surface area contributed by atoms with Crippen LogP contribution in [0.3, 0.4) is 0 Å².